The molecule has 0 amide bonds. The molecule has 1 aliphatic heterocycles. The quantitative estimate of drug-likeness (QED) is 0.697. The van der Waals surface area contributed by atoms with E-state index < -0.39 is 0 Å². The van der Waals surface area contributed by atoms with E-state index in [-0.39, 0.29) is 0 Å². The van der Waals surface area contributed by atoms with Gasteiger partial charge in [-0.3, -0.25) is 0 Å². The van der Waals surface area contributed by atoms with Crippen LogP contribution in [-0.2, 0) is 5.33 Å². The van der Waals surface area contributed by atoms with Crippen molar-refractivity contribution in [3.63, 3.8) is 0 Å². The molecule has 2 fully saturated rings. The summed E-state index contributed by atoms with van der Waals surface area (Å²) in [6, 6.07) is 9.15. The van der Waals surface area contributed by atoms with Crippen molar-refractivity contribution in [2.24, 2.45) is 0 Å². The summed E-state index contributed by atoms with van der Waals surface area (Å²) in [5, 5.41) is 7.87. The van der Waals surface area contributed by atoms with Crippen LogP contribution in [0, 0.1) is 0 Å². The Morgan fingerprint density at radius 3 is 2.70 bits per heavy atom. The number of alkyl halides is 1. The van der Waals surface area contributed by atoms with Gasteiger partial charge < -0.3 is 15.5 Å². The first-order valence-electron chi connectivity index (χ1n) is 10.1. The van der Waals surface area contributed by atoms with E-state index >= 15 is 0 Å². The predicted octanol–water partition coefficient (Wildman–Crippen LogP) is 4.19. The van der Waals surface area contributed by atoms with Crippen molar-refractivity contribution in [1.82, 2.24) is 15.3 Å². The van der Waals surface area contributed by atoms with Gasteiger partial charge >= 0.3 is 0 Å². The lowest BCUT2D eigenvalue weighted by Crippen LogP contribution is -2.43. The van der Waals surface area contributed by atoms with Crippen molar-refractivity contribution in [2.45, 2.75) is 43.5 Å². The molecular formula is C21H28BrN5. The molecule has 2 N–H and O–H groups in total. The molecule has 144 valence electrons. The zero-order valence-corrected chi connectivity index (χ0v) is 17.3. The molecule has 2 aromatic heterocycles. The highest BCUT2D eigenvalue weighted by atomic mass is 79.9. The number of piperazine rings is 1. The Labute approximate surface area is 170 Å². The van der Waals surface area contributed by atoms with Crippen LogP contribution in [-0.4, -0.2) is 42.2 Å². The maximum atomic E-state index is 4.98. The van der Waals surface area contributed by atoms with Crippen LogP contribution in [0.25, 0.3) is 11.3 Å². The summed E-state index contributed by atoms with van der Waals surface area (Å²) < 4.78 is 0. The molecule has 0 atom stereocenters. The Balaban J connectivity index is 1.59. The molecule has 1 aliphatic carbocycles. The Morgan fingerprint density at radius 1 is 1.11 bits per heavy atom. The third kappa shape index (κ3) is 4.79. The molecule has 2 aliphatic rings. The lowest BCUT2D eigenvalue weighted by atomic mass is 9.95. The average molecular weight is 430 g/mol. The zero-order chi connectivity index (χ0) is 18.5. The number of halogens is 1. The fourth-order valence-corrected chi connectivity index (χ4v) is 4.30. The first kappa shape index (κ1) is 18.7. The second-order valence-electron chi connectivity index (χ2n) is 7.50. The number of nitrogens with one attached hydrogen (secondary N) is 2. The lowest BCUT2D eigenvalue weighted by molar-refractivity contribution is 0.462. The molecule has 5 nitrogen and oxygen atoms in total. The number of aromatic nitrogens is 2. The molecule has 1 saturated heterocycles. The highest BCUT2D eigenvalue weighted by Crippen LogP contribution is 2.27. The van der Waals surface area contributed by atoms with Gasteiger partial charge in [0.1, 0.15) is 11.6 Å². The SMILES string of the molecule is BrCc1cc(-c2ccnc(NC3CCCCC3)c2)nc(N2CCNCC2)c1. The average Bonchev–Trinajstić information content (AvgIpc) is 2.75. The Morgan fingerprint density at radius 2 is 1.93 bits per heavy atom. The zero-order valence-electron chi connectivity index (χ0n) is 15.8. The molecule has 0 bridgehead atoms. The van der Waals surface area contributed by atoms with Gasteiger partial charge in [0.15, 0.2) is 0 Å². The van der Waals surface area contributed by atoms with Crippen molar-refractivity contribution >= 4 is 27.6 Å². The fraction of sp³-hybridized carbons (Fsp3) is 0.524. The van der Waals surface area contributed by atoms with Gasteiger partial charge in [-0.1, -0.05) is 35.2 Å². The molecule has 27 heavy (non-hydrogen) atoms. The molecular weight excluding hydrogens is 402 g/mol. The van der Waals surface area contributed by atoms with Crippen LogP contribution in [0.3, 0.4) is 0 Å². The van der Waals surface area contributed by atoms with Crippen LogP contribution < -0.4 is 15.5 Å². The summed E-state index contributed by atoms with van der Waals surface area (Å²) in [5.74, 6) is 2.04. The maximum absolute atomic E-state index is 4.98. The van der Waals surface area contributed by atoms with E-state index in [1.165, 1.54) is 37.7 Å². The topological polar surface area (TPSA) is 53.1 Å². The minimum Gasteiger partial charge on any atom is -0.367 e. The third-order valence-corrected chi connectivity index (χ3v) is 6.13. The van der Waals surface area contributed by atoms with Crippen molar-refractivity contribution in [3.8, 4) is 11.3 Å². The molecule has 3 heterocycles. The molecule has 4 rings (SSSR count). The largest absolute Gasteiger partial charge is 0.367 e. The van der Waals surface area contributed by atoms with Gasteiger partial charge in [-0.25, -0.2) is 9.97 Å². The Bertz CT molecular complexity index is 754. The number of hydrogen-bond donors (Lipinski definition) is 2. The standard InChI is InChI=1S/C21H28BrN5/c22-15-16-12-19(26-21(13-16)27-10-8-23-9-11-27)17-6-7-24-20(14-17)25-18-4-2-1-3-5-18/h6-7,12-14,18,23H,1-5,8-11,15H2,(H,24,25). The third-order valence-electron chi connectivity index (χ3n) is 5.48. The summed E-state index contributed by atoms with van der Waals surface area (Å²) >= 11 is 3.62. The molecule has 2 aromatic rings. The highest BCUT2D eigenvalue weighted by Gasteiger charge is 2.16. The summed E-state index contributed by atoms with van der Waals surface area (Å²) in [6.07, 6.45) is 8.39. The van der Waals surface area contributed by atoms with Gasteiger partial charge in [-0.05, 0) is 42.7 Å². The fourth-order valence-electron chi connectivity index (χ4n) is 3.98. The van der Waals surface area contributed by atoms with Crippen LogP contribution in [0.2, 0.25) is 0 Å². The number of rotatable bonds is 5. The van der Waals surface area contributed by atoms with Crippen LogP contribution in [0.15, 0.2) is 30.5 Å². The summed E-state index contributed by atoms with van der Waals surface area (Å²) in [5.41, 5.74) is 3.41. The first-order chi connectivity index (χ1) is 13.3. The Hall–Kier alpha value is -1.66. The number of anilines is 2. The van der Waals surface area contributed by atoms with Gasteiger partial charge in [0.2, 0.25) is 0 Å². The monoisotopic (exact) mass is 429 g/mol. The van der Waals surface area contributed by atoms with E-state index in [1.807, 2.05) is 6.20 Å². The van der Waals surface area contributed by atoms with Gasteiger partial charge in [0.05, 0.1) is 5.69 Å². The highest BCUT2D eigenvalue weighted by molar-refractivity contribution is 9.08. The summed E-state index contributed by atoms with van der Waals surface area (Å²) in [7, 11) is 0. The number of pyridine rings is 2. The van der Waals surface area contributed by atoms with Gasteiger partial charge in [0.25, 0.3) is 0 Å². The first-order valence-corrected chi connectivity index (χ1v) is 11.2. The van der Waals surface area contributed by atoms with Gasteiger partial charge in [-0.15, -0.1) is 0 Å². The minimum absolute atomic E-state index is 0.555. The second-order valence-corrected chi connectivity index (χ2v) is 8.06. The van der Waals surface area contributed by atoms with Crippen LogP contribution in [0.5, 0.6) is 0 Å². The molecule has 0 spiro atoms. The van der Waals surface area contributed by atoms with Crippen molar-refractivity contribution in [1.29, 1.82) is 0 Å². The molecule has 0 unspecified atom stereocenters. The molecule has 0 aromatic carbocycles. The molecule has 1 saturated carbocycles. The van der Waals surface area contributed by atoms with Crippen LogP contribution in [0.4, 0.5) is 11.6 Å². The van der Waals surface area contributed by atoms with E-state index in [2.05, 4.69) is 60.7 Å². The van der Waals surface area contributed by atoms with Crippen LogP contribution in [0.1, 0.15) is 37.7 Å². The number of hydrogen-bond acceptors (Lipinski definition) is 5. The molecule has 6 heteroatoms. The van der Waals surface area contributed by atoms with Gasteiger partial charge in [0, 0.05) is 49.3 Å². The second kappa shape index (κ2) is 9.02. The van der Waals surface area contributed by atoms with E-state index in [4.69, 9.17) is 4.98 Å². The summed E-state index contributed by atoms with van der Waals surface area (Å²) in [6.45, 7) is 4.03. The lowest BCUT2D eigenvalue weighted by Gasteiger charge is -2.29. The van der Waals surface area contributed by atoms with Crippen molar-refractivity contribution < 1.29 is 0 Å². The van der Waals surface area contributed by atoms with E-state index in [1.54, 1.807) is 0 Å². The van der Waals surface area contributed by atoms with E-state index in [0.29, 0.717) is 6.04 Å². The van der Waals surface area contributed by atoms with Gasteiger partial charge in [-0.2, -0.15) is 0 Å². The summed E-state index contributed by atoms with van der Waals surface area (Å²) in [4.78, 5) is 11.9. The maximum Gasteiger partial charge on any atom is 0.129 e. The van der Waals surface area contributed by atoms with Crippen LogP contribution >= 0.6 is 15.9 Å². The smallest absolute Gasteiger partial charge is 0.129 e. The minimum atomic E-state index is 0.555. The van der Waals surface area contributed by atoms with Crippen molar-refractivity contribution in [3.05, 3.63) is 36.0 Å². The van der Waals surface area contributed by atoms with Crippen molar-refractivity contribution in [2.75, 3.05) is 36.4 Å². The normalized spacial score (nSPS) is 18.5. The Kier molecular flexibility index (Phi) is 6.24. The number of nitrogens with zero attached hydrogens (tertiary/aromatic N) is 3. The van der Waals surface area contributed by atoms with E-state index in [9.17, 15) is 0 Å². The predicted molar refractivity (Wildman–Crippen MR) is 116 cm³/mol. The molecule has 0 radical (unpaired) electrons. The van der Waals surface area contributed by atoms with E-state index in [0.717, 1.165) is 54.4 Å².